The highest BCUT2D eigenvalue weighted by Gasteiger charge is 2.11. The second-order valence-electron chi connectivity index (χ2n) is 3.42. The topological polar surface area (TPSA) is 44.5 Å². The van der Waals surface area contributed by atoms with Gasteiger partial charge in [-0.2, -0.15) is 0 Å². The fraction of sp³-hybridized carbons (Fsp3) is 0.385. The lowest BCUT2D eigenvalue weighted by Crippen LogP contribution is -2.03. The van der Waals surface area contributed by atoms with Gasteiger partial charge in [-0.1, -0.05) is 12.1 Å². The Balaban J connectivity index is 3.22. The molecule has 16 heavy (non-hydrogen) atoms. The monoisotopic (exact) mass is 221 g/mol. The summed E-state index contributed by atoms with van der Waals surface area (Å²) in [6, 6.07) is 3.95. The van der Waals surface area contributed by atoms with Crippen molar-refractivity contribution >= 4 is 0 Å². The predicted octanol–water partition coefficient (Wildman–Crippen LogP) is 2.28. The van der Waals surface area contributed by atoms with Gasteiger partial charge in [-0.25, -0.2) is 0 Å². The van der Waals surface area contributed by atoms with E-state index in [0.29, 0.717) is 13.2 Å². The van der Waals surface area contributed by atoms with Gasteiger partial charge in [0.15, 0.2) is 11.5 Å². The summed E-state index contributed by atoms with van der Waals surface area (Å²) < 4.78 is 10.9. The Hall–Kier alpha value is -1.48. The van der Waals surface area contributed by atoms with Crippen molar-refractivity contribution in [3.05, 3.63) is 35.9 Å². The van der Waals surface area contributed by atoms with Gasteiger partial charge in [0.05, 0.1) is 13.7 Å². The van der Waals surface area contributed by atoms with Crippen LogP contribution >= 0.6 is 0 Å². The fourth-order valence-corrected chi connectivity index (χ4v) is 1.61. The van der Waals surface area contributed by atoms with Crippen LogP contribution in [0.1, 0.15) is 18.1 Å². The molecule has 1 rings (SSSR count). The van der Waals surface area contributed by atoms with Gasteiger partial charge >= 0.3 is 0 Å². The lowest BCUT2D eigenvalue weighted by atomic mass is 10.1. The maximum Gasteiger partial charge on any atom is 0.164 e. The van der Waals surface area contributed by atoms with E-state index in [1.165, 1.54) is 0 Å². The molecule has 0 spiro atoms. The van der Waals surface area contributed by atoms with Gasteiger partial charge < -0.3 is 15.2 Å². The Morgan fingerprint density at radius 2 is 2.19 bits per heavy atom. The van der Waals surface area contributed by atoms with Crippen LogP contribution in [0.5, 0.6) is 11.5 Å². The van der Waals surface area contributed by atoms with E-state index in [1.54, 1.807) is 7.11 Å². The third kappa shape index (κ3) is 2.76. The molecule has 3 nitrogen and oxygen atoms in total. The van der Waals surface area contributed by atoms with E-state index >= 15 is 0 Å². The quantitative estimate of drug-likeness (QED) is 0.749. The van der Waals surface area contributed by atoms with Crippen molar-refractivity contribution in [2.24, 2.45) is 5.73 Å². The number of hydrogen-bond donors (Lipinski definition) is 1. The molecule has 0 aromatic heterocycles. The number of nitrogens with two attached hydrogens (primary N) is 1. The van der Waals surface area contributed by atoms with Crippen molar-refractivity contribution in [3.8, 4) is 11.5 Å². The number of rotatable bonds is 6. The van der Waals surface area contributed by atoms with Crippen LogP contribution in [0.4, 0.5) is 0 Å². The highest BCUT2D eigenvalue weighted by atomic mass is 16.5. The molecule has 0 saturated heterocycles. The Morgan fingerprint density at radius 3 is 2.69 bits per heavy atom. The zero-order valence-corrected chi connectivity index (χ0v) is 9.95. The van der Waals surface area contributed by atoms with E-state index in [1.807, 2.05) is 25.1 Å². The number of allylic oxidation sites excluding steroid dienone is 1. The standard InChI is InChI=1S/C13H19NO2/c1-4-6-11-7-10(9-14)8-12(15-3)13(11)16-5-2/h4,7-8H,1,5-6,9,14H2,2-3H3. The zero-order valence-electron chi connectivity index (χ0n) is 9.95. The van der Waals surface area contributed by atoms with Crippen molar-refractivity contribution in [3.63, 3.8) is 0 Å². The second-order valence-corrected chi connectivity index (χ2v) is 3.42. The Labute approximate surface area is 96.9 Å². The summed E-state index contributed by atoms with van der Waals surface area (Å²) in [7, 11) is 1.63. The van der Waals surface area contributed by atoms with Crippen LogP contribution in [0.25, 0.3) is 0 Å². The van der Waals surface area contributed by atoms with Gasteiger partial charge in [0, 0.05) is 12.1 Å². The van der Waals surface area contributed by atoms with E-state index in [0.717, 1.165) is 29.0 Å². The molecular weight excluding hydrogens is 202 g/mol. The first-order chi connectivity index (χ1) is 7.76. The molecule has 0 bridgehead atoms. The number of hydrogen-bond acceptors (Lipinski definition) is 3. The maximum atomic E-state index is 5.64. The molecule has 88 valence electrons. The summed E-state index contributed by atoms with van der Waals surface area (Å²) in [6.45, 7) is 6.80. The fourth-order valence-electron chi connectivity index (χ4n) is 1.61. The van der Waals surface area contributed by atoms with E-state index in [-0.39, 0.29) is 0 Å². The smallest absolute Gasteiger partial charge is 0.164 e. The second kappa shape index (κ2) is 6.18. The zero-order chi connectivity index (χ0) is 12.0. The molecular formula is C13H19NO2. The SMILES string of the molecule is C=CCc1cc(CN)cc(OC)c1OCC. The number of benzene rings is 1. The molecule has 0 saturated carbocycles. The highest BCUT2D eigenvalue weighted by molar-refractivity contribution is 5.50. The third-order valence-corrected chi connectivity index (χ3v) is 2.30. The van der Waals surface area contributed by atoms with Gasteiger partial charge in [-0.15, -0.1) is 6.58 Å². The van der Waals surface area contributed by atoms with Crippen LogP contribution in [0, 0.1) is 0 Å². The van der Waals surface area contributed by atoms with Crippen LogP contribution in [0.3, 0.4) is 0 Å². The summed E-state index contributed by atoms with van der Waals surface area (Å²) in [4.78, 5) is 0. The number of methoxy groups -OCH3 is 1. The summed E-state index contributed by atoms with van der Waals surface area (Å²) in [6.07, 6.45) is 2.59. The largest absolute Gasteiger partial charge is 0.493 e. The van der Waals surface area contributed by atoms with Gasteiger partial charge in [0.2, 0.25) is 0 Å². The highest BCUT2D eigenvalue weighted by Crippen LogP contribution is 2.33. The summed E-state index contributed by atoms with van der Waals surface area (Å²) in [5.41, 5.74) is 7.75. The molecule has 1 aromatic rings. The van der Waals surface area contributed by atoms with Crippen molar-refractivity contribution in [1.29, 1.82) is 0 Å². The molecule has 3 heteroatoms. The van der Waals surface area contributed by atoms with E-state index in [4.69, 9.17) is 15.2 Å². The summed E-state index contributed by atoms with van der Waals surface area (Å²) in [5.74, 6) is 1.53. The van der Waals surface area contributed by atoms with E-state index < -0.39 is 0 Å². The van der Waals surface area contributed by atoms with Crippen molar-refractivity contribution in [1.82, 2.24) is 0 Å². The molecule has 0 unspecified atom stereocenters. The lowest BCUT2D eigenvalue weighted by Gasteiger charge is -2.15. The summed E-state index contributed by atoms with van der Waals surface area (Å²) in [5, 5.41) is 0. The number of ether oxygens (including phenoxy) is 2. The Kier molecular flexibility index (Phi) is 4.86. The van der Waals surface area contributed by atoms with Gasteiger partial charge in [0.1, 0.15) is 0 Å². The van der Waals surface area contributed by atoms with Crippen LogP contribution in [0.2, 0.25) is 0 Å². The molecule has 0 aliphatic heterocycles. The van der Waals surface area contributed by atoms with Crippen molar-refractivity contribution in [2.45, 2.75) is 19.9 Å². The van der Waals surface area contributed by atoms with Gasteiger partial charge in [-0.05, 0) is 25.0 Å². The van der Waals surface area contributed by atoms with E-state index in [2.05, 4.69) is 6.58 Å². The molecule has 1 aromatic carbocycles. The average molecular weight is 221 g/mol. The Bertz CT molecular complexity index is 361. The molecule has 0 aliphatic carbocycles. The molecule has 2 N–H and O–H groups in total. The molecule has 0 fully saturated rings. The van der Waals surface area contributed by atoms with Gasteiger partial charge in [0.25, 0.3) is 0 Å². The molecule has 0 aliphatic rings. The molecule has 0 atom stereocenters. The normalized spacial score (nSPS) is 9.94. The molecule has 0 heterocycles. The summed E-state index contributed by atoms with van der Waals surface area (Å²) >= 11 is 0. The first kappa shape index (κ1) is 12.6. The average Bonchev–Trinajstić information content (AvgIpc) is 2.31. The third-order valence-electron chi connectivity index (χ3n) is 2.30. The van der Waals surface area contributed by atoms with Crippen LogP contribution in [-0.2, 0) is 13.0 Å². The predicted molar refractivity (Wildman–Crippen MR) is 66.0 cm³/mol. The van der Waals surface area contributed by atoms with Crippen molar-refractivity contribution in [2.75, 3.05) is 13.7 Å². The first-order valence-corrected chi connectivity index (χ1v) is 5.40. The van der Waals surface area contributed by atoms with E-state index in [9.17, 15) is 0 Å². The van der Waals surface area contributed by atoms with Crippen LogP contribution < -0.4 is 15.2 Å². The minimum absolute atomic E-state index is 0.493. The Morgan fingerprint density at radius 1 is 1.44 bits per heavy atom. The molecule has 0 amide bonds. The first-order valence-electron chi connectivity index (χ1n) is 5.40. The minimum Gasteiger partial charge on any atom is -0.493 e. The van der Waals surface area contributed by atoms with Crippen LogP contribution in [-0.4, -0.2) is 13.7 Å². The lowest BCUT2D eigenvalue weighted by molar-refractivity contribution is 0.308. The van der Waals surface area contributed by atoms with Gasteiger partial charge in [-0.3, -0.25) is 0 Å². The van der Waals surface area contributed by atoms with Crippen molar-refractivity contribution < 1.29 is 9.47 Å². The van der Waals surface area contributed by atoms with Crippen LogP contribution in [0.15, 0.2) is 24.8 Å². The maximum absolute atomic E-state index is 5.64. The molecule has 0 radical (unpaired) electrons. The minimum atomic E-state index is 0.493.